The smallest absolute Gasteiger partial charge is 0.160 e. The molecule has 0 radical (unpaired) electrons. The fraction of sp³-hybridized carbons (Fsp3) is 0.625. The minimum absolute atomic E-state index is 0.215. The molecule has 1 fully saturated rings. The van der Waals surface area contributed by atoms with Gasteiger partial charge in [0.2, 0.25) is 0 Å². The first kappa shape index (κ1) is 14.2. The van der Waals surface area contributed by atoms with Gasteiger partial charge in [0.25, 0.3) is 0 Å². The highest BCUT2D eigenvalue weighted by molar-refractivity contribution is 5.41. The summed E-state index contributed by atoms with van der Waals surface area (Å²) in [4.78, 5) is 0. The van der Waals surface area contributed by atoms with Gasteiger partial charge in [-0.25, -0.2) is 0 Å². The first-order chi connectivity index (χ1) is 9.20. The Morgan fingerprint density at radius 1 is 1.32 bits per heavy atom. The van der Waals surface area contributed by atoms with Crippen LogP contribution in [0.25, 0.3) is 0 Å². The van der Waals surface area contributed by atoms with E-state index in [0.29, 0.717) is 11.8 Å². The number of phenols is 1. The Labute approximate surface area is 116 Å². The van der Waals surface area contributed by atoms with Crippen LogP contribution in [-0.2, 0) is 6.54 Å². The Bertz CT molecular complexity index is 400. The lowest BCUT2D eigenvalue weighted by Crippen LogP contribution is -2.34. The van der Waals surface area contributed by atoms with Crippen LogP contribution in [0.3, 0.4) is 0 Å². The lowest BCUT2D eigenvalue weighted by atomic mass is 9.84. The minimum atomic E-state index is 0.215. The fourth-order valence-corrected chi connectivity index (χ4v) is 2.93. The van der Waals surface area contributed by atoms with Gasteiger partial charge in [0.05, 0.1) is 7.11 Å². The van der Waals surface area contributed by atoms with E-state index in [1.807, 2.05) is 12.1 Å². The van der Waals surface area contributed by atoms with Crippen LogP contribution in [-0.4, -0.2) is 18.3 Å². The van der Waals surface area contributed by atoms with Crippen molar-refractivity contribution in [3.05, 3.63) is 23.8 Å². The van der Waals surface area contributed by atoms with E-state index in [1.54, 1.807) is 13.2 Å². The predicted octanol–water partition coefficient (Wildman–Crippen LogP) is 3.46. The van der Waals surface area contributed by atoms with Gasteiger partial charge < -0.3 is 15.2 Å². The normalized spacial score (nSPS) is 18.2. The Balaban J connectivity index is 1.85. The highest BCUT2D eigenvalue weighted by Gasteiger charge is 2.19. The number of ether oxygens (including phenoxy) is 1. The molecule has 0 saturated heterocycles. The highest BCUT2D eigenvalue weighted by atomic mass is 16.5. The summed E-state index contributed by atoms with van der Waals surface area (Å²) in [5.74, 6) is 1.55. The summed E-state index contributed by atoms with van der Waals surface area (Å²) < 4.78 is 5.05. The van der Waals surface area contributed by atoms with Crippen LogP contribution in [0, 0.1) is 5.92 Å². The summed E-state index contributed by atoms with van der Waals surface area (Å²) in [6.07, 6.45) is 6.85. The number of phenolic OH excluding ortho intramolecular Hbond substituents is 1. The molecule has 0 aliphatic heterocycles. The van der Waals surface area contributed by atoms with Crippen molar-refractivity contribution in [2.75, 3.05) is 7.11 Å². The van der Waals surface area contributed by atoms with Crippen LogP contribution in [0.5, 0.6) is 11.5 Å². The summed E-state index contributed by atoms with van der Waals surface area (Å²) in [7, 11) is 1.57. The molecule has 0 heterocycles. The summed E-state index contributed by atoms with van der Waals surface area (Å²) in [6, 6.07) is 6.14. The van der Waals surface area contributed by atoms with Gasteiger partial charge in [0.1, 0.15) is 0 Å². The third kappa shape index (κ3) is 3.87. The van der Waals surface area contributed by atoms with E-state index in [2.05, 4.69) is 12.2 Å². The quantitative estimate of drug-likeness (QED) is 0.855. The van der Waals surface area contributed by atoms with Crippen molar-refractivity contribution in [2.24, 2.45) is 5.92 Å². The molecule has 106 valence electrons. The first-order valence-corrected chi connectivity index (χ1v) is 7.30. The van der Waals surface area contributed by atoms with Gasteiger partial charge in [-0.05, 0) is 43.4 Å². The summed E-state index contributed by atoms with van der Waals surface area (Å²) in [5.41, 5.74) is 1.10. The number of aromatic hydroxyl groups is 1. The first-order valence-electron chi connectivity index (χ1n) is 7.30. The van der Waals surface area contributed by atoms with Crippen molar-refractivity contribution in [1.82, 2.24) is 5.32 Å². The van der Waals surface area contributed by atoms with Crippen LogP contribution in [0.15, 0.2) is 18.2 Å². The molecule has 0 spiro atoms. The molecule has 3 nitrogen and oxygen atoms in total. The average Bonchev–Trinajstić information content (AvgIpc) is 2.46. The van der Waals surface area contributed by atoms with Crippen molar-refractivity contribution < 1.29 is 9.84 Å². The third-order valence-corrected chi connectivity index (χ3v) is 4.23. The van der Waals surface area contributed by atoms with Gasteiger partial charge in [-0.15, -0.1) is 0 Å². The van der Waals surface area contributed by atoms with Gasteiger partial charge in [0.15, 0.2) is 11.5 Å². The molecule has 0 aromatic heterocycles. The second kappa shape index (κ2) is 6.80. The Morgan fingerprint density at radius 3 is 2.68 bits per heavy atom. The standard InChI is InChI=1S/C16H25NO2/c1-12(14-6-4-3-5-7-14)17-11-13-8-9-16(19-2)15(18)10-13/h8-10,12,14,17-18H,3-7,11H2,1-2H3/t12-/m0/s1. The van der Waals surface area contributed by atoms with Crippen molar-refractivity contribution in [3.63, 3.8) is 0 Å². The highest BCUT2D eigenvalue weighted by Crippen LogP contribution is 2.28. The molecule has 0 unspecified atom stereocenters. The van der Waals surface area contributed by atoms with Crippen molar-refractivity contribution in [1.29, 1.82) is 0 Å². The van der Waals surface area contributed by atoms with Crippen LogP contribution in [0.4, 0.5) is 0 Å². The van der Waals surface area contributed by atoms with Crippen LogP contribution in [0.1, 0.15) is 44.6 Å². The van der Waals surface area contributed by atoms with Gasteiger partial charge in [-0.3, -0.25) is 0 Å². The summed E-state index contributed by atoms with van der Waals surface area (Å²) in [5, 5.41) is 13.3. The maximum absolute atomic E-state index is 9.75. The Morgan fingerprint density at radius 2 is 2.05 bits per heavy atom. The molecule has 1 aromatic rings. The van der Waals surface area contributed by atoms with E-state index < -0.39 is 0 Å². The largest absolute Gasteiger partial charge is 0.504 e. The molecule has 1 aromatic carbocycles. The van der Waals surface area contributed by atoms with Crippen LogP contribution >= 0.6 is 0 Å². The molecule has 2 rings (SSSR count). The molecule has 19 heavy (non-hydrogen) atoms. The fourth-order valence-electron chi connectivity index (χ4n) is 2.93. The average molecular weight is 263 g/mol. The van der Waals surface area contributed by atoms with Crippen molar-refractivity contribution in [2.45, 2.75) is 51.6 Å². The molecule has 1 saturated carbocycles. The zero-order chi connectivity index (χ0) is 13.7. The molecule has 1 aliphatic carbocycles. The summed E-state index contributed by atoms with van der Waals surface area (Å²) in [6.45, 7) is 3.08. The SMILES string of the molecule is COc1ccc(CN[C@@H](C)C2CCCCC2)cc1O. The Hall–Kier alpha value is -1.22. The number of benzene rings is 1. The van der Waals surface area contributed by atoms with Gasteiger partial charge >= 0.3 is 0 Å². The van der Waals surface area contributed by atoms with Crippen LogP contribution < -0.4 is 10.1 Å². The molecular weight excluding hydrogens is 238 g/mol. The lowest BCUT2D eigenvalue weighted by molar-refractivity contribution is 0.280. The molecular formula is C16H25NO2. The predicted molar refractivity (Wildman–Crippen MR) is 77.5 cm³/mol. The Kier molecular flexibility index (Phi) is 5.08. The number of methoxy groups -OCH3 is 1. The second-order valence-corrected chi connectivity index (χ2v) is 5.57. The molecule has 2 N–H and O–H groups in total. The molecule has 1 atom stereocenters. The monoisotopic (exact) mass is 263 g/mol. The maximum Gasteiger partial charge on any atom is 0.160 e. The van der Waals surface area contributed by atoms with E-state index in [-0.39, 0.29) is 5.75 Å². The zero-order valence-corrected chi connectivity index (χ0v) is 12.0. The van der Waals surface area contributed by atoms with Gasteiger partial charge in [-0.1, -0.05) is 25.3 Å². The number of hydrogen-bond donors (Lipinski definition) is 2. The molecule has 3 heteroatoms. The van der Waals surface area contributed by atoms with E-state index >= 15 is 0 Å². The number of hydrogen-bond acceptors (Lipinski definition) is 3. The van der Waals surface area contributed by atoms with Gasteiger partial charge in [0, 0.05) is 12.6 Å². The van der Waals surface area contributed by atoms with E-state index in [1.165, 1.54) is 32.1 Å². The van der Waals surface area contributed by atoms with E-state index in [0.717, 1.165) is 18.0 Å². The molecule has 0 bridgehead atoms. The van der Waals surface area contributed by atoms with Crippen LogP contribution in [0.2, 0.25) is 0 Å². The third-order valence-electron chi connectivity index (χ3n) is 4.23. The van der Waals surface area contributed by atoms with Gasteiger partial charge in [-0.2, -0.15) is 0 Å². The molecule has 0 amide bonds. The van der Waals surface area contributed by atoms with Crippen molar-refractivity contribution in [3.8, 4) is 11.5 Å². The zero-order valence-electron chi connectivity index (χ0n) is 12.0. The lowest BCUT2D eigenvalue weighted by Gasteiger charge is -2.28. The minimum Gasteiger partial charge on any atom is -0.504 e. The number of nitrogens with one attached hydrogen (secondary N) is 1. The second-order valence-electron chi connectivity index (χ2n) is 5.57. The summed E-state index contributed by atoms with van der Waals surface area (Å²) >= 11 is 0. The van der Waals surface area contributed by atoms with E-state index in [9.17, 15) is 5.11 Å². The number of rotatable bonds is 5. The van der Waals surface area contributed by atoms with E-state index in [4.69, 9.17) is 4.74 Å². The maximum atomic E-state index is 9.75. The molecule has 1 aliphatic rings. The van der Waals surface area contributed by atoms with Crippen molar-refractivity contribution >= 4 is 0 Å². The topological polar surface area (TPSA) is 41.5 Å².